The molecule has 1 fully saturated rings. The van der Waals surface area contributed by atoms with Crippen molar-refractivity contribution in [3.8, 4) is 11.3 Å². The van der Waals surface area contributed by atoms with E-state index in [-0.39, 0.29) is 6.04 Å². The Labute approximate surface area is 184 Å². The van der Waals surface area contributed by atoms with Gasteiger partial charge < -0.3 is 14.8 Å². The Morgan fingerprint density at radius 3 is 2.74 bits per heavy atom. The van der Waals surface area contributed by atoms with E-state index < -0.39 is 6.09 Å². The number of fused-ring (bicyclic) bond motifs is 2. The quantitative estimate of drug-likeness (QED) is 0.440. The number of rotatable bonds is 4. The first-order valence-electron chi connectivity index (χ1n) is 10.3. The second kappa shape index (κ2) is 8.21. The van der Waals surface area contributed by atoms with E-state index >= 15 is 0 Å². The van der Waals surface area contributed by atoms with E-state index in [4.69, 9.17) is 21.1 Å². The number of pyridine rings is 1. The molecule has 1 saturated heterocycles. The van der Waals surface area contributed by atoms with Gasteiger partial charge in [-0.15, -0.1) is 0 Å². The van der Waals surface area contributed by atoms with Gasteiger partial charge in [0, 0.05) is 59.4 Å². The lowest BCUT2D eigenvalue weighted by molar-refractivity contribution is 0.165. The van der Waals surface area contributed by atoms with Crippen molar-refractivity contribution in [3.05, 3.63) is 65.4 Å². The van der Waals surface area contributed by atoms with Crippen LogP contribution in [-0.2, 0) is 6.54 Å². The number of benzene rings is 2. The van der Waals surface area contributed by atoms with Gasteiger partial charge in [-0.1, -0.05) is 29.8 Å². The van der Waals surface area contributed by atoms with E-state index in [0.29, 0.717) is 5.02 Å². The third-order valence-electron chi connectivity index (χ3n) is 5.93. The molecule has 4 aromatic rings. The number of para-hydroxylation sites is 1. The topological polar surface area (TPSA) is 78.6 Å². The van der Waals surface area contributed by atoms with Crippen LogP contribution in [0.4, 0.5) is 4.79 Å². The number of nitrogens with zero attached hydrogens (tertiary/aromatic N) is 2. The molecular formula is C24H22ClN3O3. The minimum atomic E-state index is -0.956. The monoisotopic (exact) mass is 435 g/mol. The molecule has 2 N–H and O–H groups in total. The van der Waals surface area contributed by atoms with Gasteiger partial charge in [0.2, 0.25) is 0 Å². The van der Waals surface area contributed by atoms with Crippen molar-refractivity contribution < 1.29 is 14.3 Å². The Balaban J connectivity index is 1.44. The Morgan fingerprint density at radius 2 is 1.97 bits per heavy atom. The highest BCUT2D eigenvalue weighted by molar-refractivity contribution is 6.32. The molecule has 31 heavy (non-hydrogen) atoms. The molecule has 2 aromatic carbocycles. The maximum atomic E-state index is 10.9. The number of hydrogen-bond acceptors (Lipinski definition) is 4. The van der Waals surface area contributed by atoms with Gasteiger partial charge in [0.1, 0.15) is 11.3 Å². The van der Waals surface area contributed by atoms with Crippen LogP contribution in [0.25, 0.3) is 33.1 Å². The van der Waals surface area contributed by atoms with E-state index in [9.17, 15) is 4.79 Å². The van der Waals surface area contributed by atoms with Crippen molar-refractivity contribution in [3.63, 3.8) is 0 Å². The zero-order chi connectivity index (χ0) is 21.4. The minimum absolute atomic E-state index is 0.0200. The number of piperidine rings is 1. The minimum Gasteiger partial charge on any atom is -0.465 e. The summed E-state index contributed by atoms with van der Waals surface area (Å²) in [6.45, 7) is 2.37. The molecule has 0 atom stereocenters. The van der Waals surface area contributed by atoms with Crippen LogP contribution in [0.5, 0.6) is 0 Å². The fourth-order valence-electron chi connectivity index (χ4n) is 4.32. The highest BCUT2D eigenvalue weighted by Crippen LogP contribution is 2.35. The van der Waals surface area contributed by atoms with Crippen molar-refractivity contribution in [1.82, 2.24) is 15.2 Å². The summed E-state index contributed by atoms with van der Waals surface area (Å²) in [6.07, 6.45) is 4.29. The molecular weight excluding hydrogens is 414 g/mol. The average molecular weight is 436 g/mol. The first kappa shape index (κ1) is 19.8. The maximum absolute atomic E-state index is 10.9. The van der Waals surface area contributed by atoms with Crippen LogP contribution in [0.2, 0.25) is 5.02 Å². The van der Waals surface area contributed by atoms with E-state index in [2.05, 4.69) is 21.3 Å². The highest BCUT2D eigenvalue weighted by atomic mass is 35.5. The molecule has 0 radical (unpaired) electrons. The van der Waals surface area contributed by atoms with Crippen LogP contribution >= 0.6 is 11.6 Å². The van der Waals surface area contributed by atoms with Gasteiger partial charge in [-0.3, -0.25) is 9.88 Å². The highest BCUT2D eigenvalue weighted by Gasteiger charge is 2.21. The molecule has 158 valence electrons. The Kier molecular flexibility index (Phi) is 5.26. The van der Waals surface area contributed by atoms with Gasteiger partial charge in [0.05, 0.1) is 0 Å². The van der Waals surface area contributed by atoms with Gasteiger partial charge in [-0.2, -0.15) is 0 Å². The fourth-order valence-corrected chi connectivity index (χ4v) is 4.55. The van der Waals surface area contributed by atoms with E-state index in [1.807, 2.05) is 48.8 Å². The van der Waals surface area contributed by atoms with Crippen LogP contribution in [0.3, 0.4) is 0 Å². The normalized spacial score (nSPS) is 15.5. The number of amides is 1. The van der Waals surface area contributed by atoms with Crippen molar-refractivity contribution in [2.24, 2.45) is 0 Å². The van der Waals surface area contributed by atoms with Gasteiger partial charge in [-0.25, -0.2) is 4.79 Å². The maximum Gasteiger partial charge on any atom is 0.404 e. The number of hydrogen-bond donors (Lipinski definition) is 2. The Morgan fingerprint density at radius 1 is 1.16 bits per heavy atom. The summed E-state index contributed by atoms with van der Waals surface area (Å²) >= 11 is 6.61. The van der Waals surface area contributed by atoms with Gasteiger partial charge in [-0.05, 0) is 48.1 Å². The molecule has 5 rings (SSSR count). The lowest BCUT2D eigenvalue weighted by Crippen LogP contribution is -2.43. The predicted octanol–water partition coefficient (Wildman–Crippen LogP) is 5.53. The molecule has 0 saturated carbocycles. The second-order valence-electron chi connectivity index (χ2n) is 8.00. The number of carbonyl (C=O) groups is 1. The van der Waals surface area contributed by atoms with Crippen molar-refractivity contribution in [2.75, 3.05) is 13.1 Å². The Hall–Kier alpha value is -3.09. The van der Waals surface area contributed by atoms with Crippen LogP contribution in [0.1, 0.15) is 18.4 Å². The van der Waals surface area contributed by atoms with Crippen LogP contribution in [-0.4, -0.2) is 40.2 Å². The lowest BCUT2D eigenvalue weighted by atomic mass is 10.0. The molecule has 0 aliphatic carbocycles. The molecule has 0 bridgehead atoms. The summed E-state index contributed by atoms with van der Waals surface area (Å²) in [5.41, 5.74) is 2.83. The van der Waals surface area contributed by atoms with E-state index in [1.165, 1.54) is 0 Å². The summed E-state index contributed by atoms with van der Waals surface area (Å²) in [5.74, 6) is 0.785. The molecule has 3 heterocycles. The number of aromatic nitrogens is 1. The first-order chi connectivity index (χ1) is 15.1. The SMILES string of the molecule is O=C(O)NC1CCN(Cc2cc3c(-c4cc5ccccc5o4)cncc3cc2Cl)CC1. The largest absolute Gasteiger partial charge is 0.465 e. The summed E-state index contributed by atoms with van der Waals surface area (Å²) < 4.78 is 6.09. The number of furan rings is 1. The number of nitrogens with one attached hydrogen (secondary N) is 1. The Bertz CT molecular complexity index is 1230. The molecule has 1 aliphatic heterocycles. The van der Waals surface area contributed by atoms with Crippen LogP contribution in [0.15, 0.2) is 59.3 Å². The predicted molar refractivity (Wildman–Crippen MR) is 121 cm³/mol. The van der Waals surface area contributed by atoms with Crippen molar-refractivity contribution in [1.29, 1.82) is 0 Å². The molecule has 0 unspecified atom stereocenters. The van der Waals surface area contributed by atoms with Crippen molar-refractivity contribution >= 4 is 39.4 Å². The number of carboxylic acid groups (broad SMARTS) is 1. The lowest BCUT2D eigenvalue weighted by Gasteiger charge is -2.32. The molecule has 0 spiro atoms. The molecule has 1 amide bonds. The summed E-state index contributed by atoms with van der Waals surface area (Å²) in [6, 6.07) is 14.1. The zero-order valence-corrected chi connectivity index (χ0v) is 17.6. The molecule has 2 aromatic heterocycles. The molecule has 7 heteroatoms. The average Bonchev–Trinajstić information content (AvgIpc) is 3.19. The number of likely N-dealkylation sites (tertiary alicyclic amines) is 1. The van der Waals surface area contributed by atoms with E-state index in [0.717, 1.165) is 71.1 Å². The van der Waals surface area contributed by atoms with Gasteiger partial charge in [0.25, 0.3) is 0 Å². The number of halogens is 1. The summed E-state index contributed by atoms with van der Waals surface area (Å²) in [4.78, 5) is 17.6. The summed E-state index contributed by atoms with van der Waals surface area (Å²) in [7, 11) is 0. The smallest absolute Gasteiger partial charge is 0.404 e. The van der Waals surface area contributed by atoms with Gasteiger partial charge >= 0.3 is 6.09 Å². The van der Waals surface area contributed by atoms with Crippen LogP contribution < -0.4 is 5.32 Å². The van der Waals surface area contributed by atoms with Crippen LogP contribution in [0, 0.1) is 0 Å². The molecule has 6 nitrogen and oxygen atoms in total. The molecule has 1 aliphatic rings. The third kappa shape index (κ3) is 4.09. The van der Waals surface area contributed by atoms with Crippen molar-refractivity contribution in [2.45, 2.75) is 25.4 Å². The van der Waals surface area contributed by atoms with E-state index in [1.54, 1.807) is 0 Å². The summed E-state index contributed by atoms with van der Waals surface area (Å²) in [5, 5.41) is 15.3. The zero-order valence-electron chi connectivity index (χ0n) is 16.8. The second-order valence-corrected chi connectivity index (χ2v) is 8.41. The standard InChI is InChI=1S/C24H22ClN3O3/c25-21-10-16-12-26-13-20(23-11-15-3-1-2-4-22(15)31-23)19(16)9-17(21)14-28-7-5-18(6-8-28)27-24(29)30/h1-4,9-13,18,27H,5-8,14H2,(H,29,30). The van der Waals surface area contributed by atoms with Gasteiger partial charge in [0.15, 0.2) is 0 Å². The first-order valence-corrected chi connectivity index (χ1v) is 10.7. The third-order valence-corrected chi connectivity index (χ3v) is 6.28. The fraction of sp³-hybridized carbons (Fsp3) is 0.250.